The number of fused-ring (bicyclic) bond motifs is 1. The molecule has 1 unspecified atom stereocenters. The van der Waals surface area contributed by atoms with Gasteiger partial charge in [-0.3, -0.25) is 0 Å². The standard InChI is InChI=1S/C13H12N2O3/c16-11(7-10-2-1-5-14-15-10)9-3-4-12-13(6-9)18-8-17-12/h1-6,11,16H,7-8H2. The zero-order valence-corrected chi connectivity index (χ0v) is 9.61. The van der Waals surface area contributed by atoms with Crippen LogP contribution in [-0.4, -0.2) is 22.1 Å². The average molecular weight is 244 g/mol. The van der Waals surface area contributed by atoms with E-state index < -0.39 is 6.10 Å². The van der Waals surface area contributed by atoms with Crippen molar-refractivity contribution in [1.82, 2.24) is 10.2 Å². The minimum atomic E-state index is -0.629. The fourth-order valence-electron chi connectivity index (χ4n) is 1.88. The Morgan fingerprint density at radius 1 is 1.22 bits per heavy atom. The zero-order valence-electron chi connectivity index (χ0n) is 9.61. The molecule has 18 heavy (non-hydrogen) atoms. The number of nitrogens with zero attached hydrogens (tertiary/aromatic N) is 2. The molecule has 0 aliphatic carbocycles. The maximum absolute atomic E-state index is 10.1. The minimum absolute atomic E-state index is 0.235. The first-order valence-corrected chi connectivity index (χ1v) is 5.67. The Kier molecular flexibility index (Phi) is 2.82. The van der Waals surface area contributed by atoms with Gasteiger partial charge >= 0.3 is 0 Å². The molecule has 5 nitrogen and oxygen atoms in total. The lowest BCUT2D eigenvalue weighted by Crippen LogP contribution is -2.03. The van der Waals surface area contributed by atoms with Gasteiger partial charge < -0.3 is 14.6 Å². The molecule has 1 atom stereocenters. The first kappa shape index (κ1) is 11.0. The summed E-state index contributed by atoms with van der Waals surface area (Å²) in [6.07, 6.45) is 1.40. The number of benzene rings is 1. The first-order valence-electron chi connectivity index (χ1n) is 5.67. The number of rotatable bonds is 3. The van der Waals surface area contributed by atoms with E-state index in [2.05, 4.69) is 10.2 Å². The highest BCUT2D eigenvalue weighted by atomic mass is 16.7. The molecule has 1 N–H and O–H groups in total. The second-order valence-electron chi connectivity index (χ2n) is 4.05. The lowest BCUT2D eigenvalue weighted by atomic mass is 10.0. The average Bonchev–Trinajstić information content (AvgIpc) is 2.87. The van der Waals surface area contributed by atoms with Gasteiger partial charge in [-0.25, -0.2) is 0 Å². The molecule has 1 aliphatic heterocycles. The third-order valence-electron chi connectivity index (χ3n) is 2.81. The highest BCUT2D eigenvalue weighted by molar-refractivity contribution is 5.45. The third-order valence-corrected chi connectivity index (χ3v) is 2.81. The van der Waals surface area contributed by atoms with Crippen molar-refractivity contribution in [3.8, 4) is 11.5 Å². The number of hydrogen-bond acceptors (Lipinski definition) is 5. The number of aliphatic hydroxyl groups is 1. The van der Waals surface area contributed by atoms with E-state index >= 15 is 0 Å². The first-order chi connectivity index (χ1) is 8.83. The summed E-state index contributed by atoms with van der Waals surface area (Å²) in [5, 5.41) is 17.9. The molecule has 0 saturated carbocycles. The second kappa shape index (κ2) is 4.62. The predicted molar refractivity (Wildman–Crippen MR) is 63.3 cm³/mol. The lowest BCUT2D eigenvalue weighted by molar-refractivity contribution is 0.171. The summed E-state index contributed by atoms with van der Waals surface area (Å²) < 4.78 is 10.5. The van der Waals surface area contributed by atoms with Crippen molar-refractivity contribution in [3.63, 3.8) is 0 Å². The van der Waals surface area contributed by atoms with Crippen LogP contribution in [0.1, 0.15) is 17.4 Å². The van der Waals surface area contributed by atoms with Gasteiger partial charge in [-0.1, -0.05) is 6.07 Å². The Morgan fingerprint density at radius 3 is 2.94 bits per heavy atom. The summed E-state index contributed by atoms with van der Waals surface area (Å²) in [6, 6.07) is 9.06. The Morgan fingerprint density at radius 2 is 2.11 bits per heavy atom. The van der Waals surface area contributed by atoms with Crippen molar-refractivity contribution in [3.05, 3.63) is 47.8 Å². The molecule has 92 valence electrons. The van der Waals surface area contributed by atoms with Crippen molar-refractivity contribution in [2.75, 3.05) is 6.79 Å². The van der Waals surface area contributed by atoms with Gasteiger partial charge in [-0.15, -0.1) is 0 Å². The molecule has 1 aromatic carbocycles. The zero-order chi connectivity index (χ0) is 12.4. The summed E-state index contributed by atoms with van der Waals surface area (Å²) in [6.45, 7) is 0.235. The van der Waals surface area contributed by atoms with Crippen LogP contribution in [0.25, 0.3) is 0 Å². The van der Waals surface area contributed by atoms with Gasteiger partial charge in [0.05, 0.1) is 11.8 Å². The van der Waals surface area contributed by atoms with Crippen molar-refractivity contribution in [2.45, 2.75) is 12.5 Å². The van der Waals surface area contributed by atoms with E-state index in [1.165, 1.54) is 0 Å². The van der Waals surface area contributed by atoms with Gasteiger partial charge in [0.15, 0.2) is 11.5 Å². The predicted octanol–water partition coefficient (Wildman–Crippen LogP) is 1.48. The van der Waals surface area contributed by atoms with Gasteiger partial charge in [0, 0.05) is 12.6 Å². The van der Waals surface area contributed by atoms with Crippen LogP contribution in [0.2, 0.25) is 0 Å². The molecule has 0 spiro atoms. The molecule has 0 bridgehead atoms. The quantitative estimate of drug-likeness (QED) is 0.886. The fourth-order valence-corrected chi connectivity index (χ4v) is 1.88. The summed E-state index contributed by atoms with van der Waals surface area (Å²) >= 11 is 0. The number of ether oxygens (including phenoxy) is 2. The van der Waals surface area contributed by atoms with Crippen LogP contribution in [0.5, 0.6) is 11.5 Å². The molecule has 0 fully saturated rings. The number of aromatic nitrogens is 2. The molecule has 2 heterocycles. The van der Waals surface area contributed by atoms with E-state index in [0.717, 1.165) is 11.3 Å². The van der Waals surface area contributed by atoms with E-state index in [-0.39, 0.29) is 6.79 Å². The van der Waals surface area contributed by atoms with Crippen LogP contribution in [0.15, 0.2) is 36.5 Å². The van der Waals surface area contributed by atoms with E-state index in [4.69, 9.17) is 9.47 Å². The normalized spacial score (nSPS) is 14.5. The fraction of sp³-hybridized carbons (Fsp3) is 0.231. The molecular formula is C13H12N2O3. The van der Waals surface area contributed by atoms with Gasteiger partial charge in [-0.05, 0) is 29.8 Å². The maximum atomic E-state index is 10.1. The Bertz CT molecular complexity index is 545. The van der Waals surface area contributed by atoms with E-state index in [1.807, 2.05) is 12.1 Å². The Labute approximate surface area is 104 Å². The van der Waals surface area contributed by atoms with Crippen LogP contribution in [0.3, 0.4) is 0 Å². The lowest BCUT2D eigenvalue weighted by Gasteiger charge is -2.10. The van der Waals surface area contributed by atoms with Gasteiger partial charge in [0.2, 0.25) is 6.79 Å². The van der Waals surface area contributed by atoms with Gasteiger partial charge in [0.25, 0.3) is 0 Å². The van der Waals surface area contributed by atoms with Crippen LogP contribution in [-0.2, 0) is 6.42 Å². The molecule has 1 aromatic heterocycles. The summed E-state index contributed by atoms with van der Waals surface area (Å²) in [5.74, 6) is 1.39. The highest BCUT2D eigenvalue weighted by Gasteiger charge is 2.17. The molecule has 2 aromatic rings. The summed E-state index contributed by atoms with van der Waals surface area (Å²) in [4.78, 5) is 0. The minimum Gasteiger partial charge on any atom is -0.454 e. The SMILES string of the molecule is OC(Cc1cccnn1)c1ccc2c(c1)OCO2. The van der Waals surface area contributed by atoms with Crippen LogP contribution >= 0.6 is 0 Å². The summed E-state index contributed by atoms with van der Waals surface area (Å²) in [5.41, 5.74) is 1.53. The number of hydrogen-bond donors (Lipinski definition) is 1. The molecule has 1 aliphatic rings. The van der Waals surface area contributed by atoms with Crippen molar-refractivity contribution in [2.24, 2.45) is 0 Å². The van der Waals surface area contributed by atoms with Crippen LogP contribution in [0.4, 0.5) is 0 Å². The largest absolute Gasteiger partial charge is 0.454 e. The molecule has 5 heteroatoms. The van der Waals surface area contributed by atoms with E-state index in [0.29, 0.717) is 17.9 Å². The summed E-state index contributed by atoms with van der Waals surface area (Å²) in [7, 11) is 0. The molecule has 0 radical (unpaired) electrons. The van der Waals surface area contributed by atoms with Crippen molar-refractivity contribution < 1.29 is 14.6 Å². The van der Waals surface area contributed by atoms with Crippen LogP contribution in [0, 0.1) is 0 Å². The second-order valence-corrected chi connectivity index (χ2v) is 4.05. The maximum Gasteiger partial charge on any atom is 0.231 e. The topological polar surface area (TPSA) is 64.5 Å². The van der Waals surface area contributed by atoms with Crippen molar-refractivity contribution >= 4 is 0 Å². The molecule has 0 saturated heterocycles. The smallest absolute Gasteiger partial charge is 0.231 e. The van der Waals surface area contributed by atoms with E-state index in [9.17, 15) is 5.11 Å². The molecular weight excluding hydrogens is 232 g/mol. The Balaban J connectivity index is 1.78. The van der Waals surface area contributed by atoms with Crippen molar-refractivity contribution in [1.29, 1.82) is 0 Å². The van der Waals surface area contributed by atoms with Gasteiger partial charge in [-0.2, -0.15) is 10.2 Å². The van der Waals surface area contributed by atoms with Gasteiger partial charge in [0.1, 0.15) is 0 Å². The molecule has 3 rings (SSSR count). The number of aliphatic hydroxyl groups excluding tert-OH is 1. The Hall–Kier alpha value is -2.14. The molecule has 0 amide bonds. The third kappa shape index (κ3) is 2.12. The van der Waals surface area contributed by atoms with Crippen LogP contribution < -0.4 is 9.47 Å². The highest BCUT2D eigenvalue weighted by Crippen LogP contribution is 2.34. The van der Waals surface area contributed by atoms with E-state index in [1.54, 1.807) is 24.4 Å². The monoisotopic (exact) mass is 244 g/mol.